The van der Waals surface area contributed by atoms with Gasteiger partial charge in [0.25, 0.3) is 0 Å². The van der Waals surface area contributed by atoms with E-state index in [0.29, 0.717) is 12.0 Å². The fourth-order valence-electron chi connectivity index (χ4n) is 4.32. The minimum atomic E-state index is 0.222. The molecule has 0 amide bonds. The first kappa shape index (κ1) is 16.3. The van der Waals surface area contributed by atoms with Gasteiger partial charge in [0.15, 0.2) is 0 Å². The summed E-state index contributed by atoms with van der Waals surface area (Å²) in [6.07, 6.45) is 10.5. The number of likely N-dealkylation sites (tertiary alicyclic amines) is 1. The topological polar surface area (TPSA) is 23.5 Å². The Morgan fingerprint density at radius 3 is 2.30 bits per heavy atom. The number of rotatable bonds is 3. The molecule has 2 heteroatoms. The van der Waals surface area contributed by atoms with E-state index in [9.17, 15) is 5.11 Å². The monoisotopic (exact) mass is 281 g/mol. The summed E-state index contributed by atoms with van der Waals surface area (Å²) in [7, 11) is 0. The molecule has 0 aromatic rings. The van der Waals surface area contributed by atoms with Gasteiger partial charge in [0, 0.05) is 18.6 Å². The summed E-state index contributed by atoms with van der Waals surface area (Å²) in [5, 5.41) is 9.90. The van der Waals surface area contributed by atoms with E-state index in [1.807, 2.05) is 0 Å². The highest BCUT2D eigenvalue weighted by Gasteiger charge is 2.34. The molecular weight excluding hydrogens is 246 g/mol. The van der Waals surface area contributed by atoms with E-state index < -0.39 is 0 Å². The zero-order valence-electron chi connectivity index (χ0n) is 14.0. The molecule has 1 N–H and O–H groups in total. The molecule has 0 radical (unpaired) electrons. The molecule has 118 valence electrons. The predicted octanol–water partition coefficient (Wildman–Crippen LogP) is 4.08. The highest BCUT2D eigenvalue weighted by molar-refractivity contribution is 4.87. The fourth-order valence-corrected chi connectivity index (χ4v) is 4.32. The molecule has 1 heterocycles. The van der Waals surface area contributed by atoms with Gasteiger partial charge in [0.05, 0.1) is 0 Å². The lowest BCUT2D eigenvalue weighted by Gasteiger charge is -2.40. The van der Waals surface area contributed by atoms with Gasteiger partial charge in [-0.25, -0.2) is 0 Å². The Labute approximate surface area is 125 Å². The van der Waals surface area contributed by atoms with Crippen LogP contribution in [0.1, 0.15) is 72.1 Å². The maximum atomic E-state index is 9.90. The van der Waals surface area contributed by atoms with Gasteiger partial charge < -0.3 is 10.0 Å². The highest BCUT2D eigenvalue weighted by atomic mass is 16.3. The number of hydrogen-bond donors (Lipinski definition) is 1. The van der Waals surface area contributed by atoms with E-state index in [4.69, 9.17) is 0 Å². The van der Waals surface area contributed by atoms with E-state index in [-0.39, 0.29) is 5.41 Å². The summed E-state index contributed by atoms with van der Waals surface area (Å²) in [5.74, 6) is 0.865. The number of nitrogens with zero attached hydrogens (tertiary/aromatic N) is 1. The van der Waals surface area contributed by atoms with Gasteiger partial charge >= 0.3 is 0 Å². The Morgan fingerprint density at radius 2 is 1.70 bits per heavy atom. The molecule has 1 atom stereocenters. The van der Waals surface area contributed by atoms with Crippen LogP contribution in [0.2, 0.25) is 0 Å². The van der Waals surface area contributed by atoms with Crippen LogP contribution in [0.15, 0.2) is 0 Å². The normalized spacial score (nSPS) is 29.1. The van der Waals surface area contributed by atoms with Crippen molar-refractivity contribution in [3.63, 3.8) is 0 Å². The first-order chi connectivity index (χ1) is 9.45. The number of aliphatic hydroxyl groups excluding tert-OH is 1. The molecule has 2 aliphatic rings. The van der Waals surface area contributed by atoms with Crippen LogP contribution in [-0.2, 0) is 0 Å². The largest absolute Gasteiger partial charge is 0.396 e. The highest BCUT2D eigenvalue weighted by Crippen LogP contribution is 2.38. The van der Waals surface area contributed by atoms with E-state index in [0.717, 1.165) is 12.5 Å². The van der Waals surface area contributed by atoms with Crippen molar-refractivity contribution in [2.45, 2.75) is 72.1 Å². The van der Waals surface area contributed by atoms with Crippen LogP contribution in [-0.4, -0.2) is 36.2 Å². The first-order valence-corrected chi connectivity index (χ1v) is 8.78. The molecule has 2 nitrogen and oxygen atoms in total. The molecule has 20 heavy (non-hydrogen) atoms. The molecular formula is C18H35NO. The molecule has 1 aliphatic carbocycles. The van der Waals surface area contributed by atoms with Crippen molar-refractivity contribution in [3.8, 4) is 0 Å². The average molecular weight is 281 g/mol. The lowest BCUT2D eigenvalue weighted by molar-refractivity contribution is 0.0405. The van der Waals surface area contributed by atoms with Crippen molar-refractivity contribution in [1.82, 2.24) is 4.90 Å². The molecule has 1 unspecified atom stereocenters. The van der Waals surface area contributed by atoms with Crippen LogP contribution in [0.25, 0.3) is 0 Å². The second-order valence-corrected chi connectivity index (χ2v) is 8.49. The number of aliphatic hydroxyl groups is 1. The van der Waals surface area contributed by atoms with E-state index in [2.05, 4.69) is 25.7 Å². The summed E-state index contributed by atoms with van der Waals surface area (Å²) < 4.78 is 0. The fraction of sp³-hybridized carbons (Fsp3) is 1.00. The second kappa shape index (κ2) is 6.79. The standard InChI is InChI=1S/C18H35NO/c1-17(2,3)16-8-7-12-19(13-9-16)14-18(15-20)10-5-4-6-11-18/h16,20H,4-15H2,1-3H3. The van der Waals surface area contributed by atoms with Gasteiger partial charge in [0.2, 0.25) is 0 Å². The lowest BCUT2D eigenvalue weighted by Crippen LogP contribution is -2.42. The Balaban J connectivity index is 1.90. The van der Waals surface area contributed by atoms with Gasteiger partial charge in [-0.15, -0.1) is 0 Å². The zero-order valence-corrected chi connectivity index (χ0v) is 14.0. The molecule has 2 rings (SSSR count). The van der Waals surface area contributed by atoms with Gasteiger partial charge in [-0.3, -0.25) is 0 Å². The summed E-state index contributed by atoms with van der Waals surface area (Å²) in [6, 6.07) is 0. The van der Waals surface area contributed by atoms with Crippen molar-refractivity contribution >= 4 is 0 Å². The Kier molecular flexibility index (Phi) is 5.53. The van der Waals surface area contributed by atoms with Gasteiger partial charge in [-0.05, 0) is 56.5 Å². The van der Waals surface area contributed by atoms with Crippen LogP contribution < -0.4 is 0 Å². The molecule has 1 saturated carbocycles. The minimum Gasteiger partial charge on any atom is -0.396 e. The second-order valence-electron chi connectivity index (χ2n) is 8.49. The van der Waals surface area contributed by atoms with Gasteiger partial charge in [-0.1, -0.05) is 40.0 Å². The average Bonchev–Trinajstić information content (AvgIpc) is 2.65. The third kappa shape index (κ3) is 4.21. The molecule has 1 saturated heterocycles. The van der Waals surface area contributed by atoms with Crippen molar-refractivity contribution < 1.29 is 5.11 Å². The zero-order chi connectivity index (χ0) is 14.6. The van der Waals surface area contributed by atoms with E-state index in [1.54, 1.807) is 0 Å². The van der Waals surface area contributed by atoms with Gasteiger partial charge in [0.1, 0.15) is 0 Å². The molecule has 2 fully saturated rings. The smallest absolute Gasteiger partial charge is 0.0499 e. The molecule has 0 spiro atoms. The molecule has 0 aromatic carbocycles. The van der Waals surface area contributed by atoms with Crippen molar-refractivity contribution in [2.24, 2.45) is 16.7 Å². The van der Waals surface area contributed by atoms with E-state index >= 15 is 0 Å². The molecule has 0 bridgehead atoms. The van der Waals surface area contributed by atoms with Crippen LogP contribution in [0.4, 0.5) is 0 Å². The SMILES string of the molecule is CC(C)(C)C1CCCN(CC2(CO)CCCCC2)CC1. The van der Waals surface area contributed by atoms with Crippen LogP contribution in [0.5, 0.6) is 0 Å². The minimum absolute atomic E-state index is 0.222. The summed E-state index contributed by atoms with van der Waals surface area (Å²) in [4.78, 5) is 2.66. The lowest BCUT2D eigenvalue weighted by atomic mass is 9.74. The Morgan fingerprint density at radius 1 is 1.00 bits per heavy atom. The third-order valence-corrected chi connectivity index (χ3v) is 5.85. The molecule has 0 aromatic heterocycles. The maximum Gasteiger partial charge on any atom is 0.0499 e. The Hall–Kier alpha value is -0.0800. The maximum absolute atomic E-state index is 9.90. The van der Waals surface area contributed by atoms with Crippen LogP contribution in [0.3, 0.4) is 0 Å². The summed E-state index contributed by atoms with van der Waals surface area (Å²) in [6.45, 7) is 11.2. The quantitative estimate of drug-likeness (QED) is 0.842. The van der Waals surface area contributed by atoms with Gasteiger partial charge in [-0.2, -0.15) is 0 Å². The van der Waals surface area contributed by atoms with Crippen LogP contribution >= 0.6 is 0 Å². The third-order valence-electron chi connectivity index (χ3n) is 5.85. The Bertz CT molecular complexity index is 288. The van der Waals surface area contributed by atoms with Crippen molar-refractivity contribution in [2.75, 3.05) is 26.2 Å². The van der Waals surface area contributed by atoms with Crippen molar-refractivity contribution in [1.29, 1.82) is 0 Å². The molecule has 1 aliphatic heterocycles. The van der Waals surface area contributed by atoms with Crippen molar-refractivity contribution in [3.05, 3.63) is 0 Å². The first-order valence-electron chi connectivity index (χ1n) is 8.78. The predicted molar refractivity (Wildman–Crippen MR) is 85.8 cm³/mol. The summed E-state index contributed by atoms with van der Waals surface area (Å²) in [5.41, 5.74) is 0.676. The summed E-state index contributed by atoms with van der Waals surface area (Å²) >= 11 is 0. The van der Waals surface area contributed by atoms with E-state index in [1.165, 1.54) is 64.5 Å². The number of hydrogen-bond acceptors (Lipinski definition) is 2. The van der Waals surface area contributed by atoms with Crippen LogP contribution in [0, 0.1) is 16.7 Å².